The van der Waals surface area contributed by atoms with Crippen molar-refractivity contribution < 1.29 is 9.72 Å². The van der Waals surface area contributed by atoms with Crippen molar-refractivity contribution in [3.63, 3.8) is 0 Å². The Morgan fingerprint density at radius 2 is 2.16 bits per heavy atom. The molecule has 0 radical (unpaired) electrons. The summed E-state index contributed by atoms with van der Waals surface area (Å²) in [6, 6.07) is 6.27. The van der Waals surface area contributed by atoms with Gasteiger partial charge in [-0.05, 0) is 46.4 Å². The van der Waals surface area contributed by atoms with E-state index < -0.39 is 4.92 Å². The summed E-state index contributed by atoms with van der Waals surface area (Å²) in [7, 11) is 0. The fraction of sp³-hybridized carbons (Fsp3) is 0.0833. The summed E-state index contributed by atoms with van der Waals surface area (Å²) in [4.78, 5) is 22.8. The summed E-state index contributed by atoms with van der Waals surface area (Å²) in [6.45, 7) is 1.63. The fourth-order valence-electron chi connectivity index (χ4n) is 1.58. The maximum absolute atomic E-state index is 12.0. The molecule has 7 heteroatoms. The third-order valence-electron chi connectivity index (χ3n) is 2.47. The summed E-state index contributed by atoms with van der Waals surface area (Å²) in [5.41, 5.74) is 1.08. The van der Waals surface area contributed by atoms with E-state index in [1.54, 1.807) is 24.4 Å². The Morgan fingerprint density at radius 1 is 1.42 bits per heavy atom. The lowest BCUT2D eigenvalue weighted by Crippen LogP contribution is -2.10. The highest BCUT2D eigenvalue weighted by Crippen LogP contribution is 2.25. The van der Waals surface area contributed by atoms with Gasteiger partial charge in [0, 0.05) is 21.8 Å². The Kier molecular flexibility index (Phi) is 3.96. The van der Waals surface area contributed by atoms with Gasteiger partial charge in [0.1, 0.15) is 4.88 Å². The van der Waals surface area contributed by atoms with Crippen LogP contribution in [0.1, 0.15) is 15.2 Å². The molecule has 2 aromatic rings. The standard InChI is InChI=1S/C12H9BrN2O3S/c1-7-6-8(2-3-10(7)15(17)18)14-12(16)11-9(13)4-5-19-11/h2-6H,1H3,(H,14,16). The average Bonchev–Trinajstić information content (AvgIpc) is 2.75. The normalized spacial score (nSPS) is 10.2. The van der Waals surface area contributed by atoms with Crippen LogP contribution in [0.3, 0.4) is 0 Å². The first kappa shape index (κ1) is 13.7. The van der Waals surface area contributed by atoms with Crippen molar-refractivity contribution in [2.45, 2.75) is 6.92 Å². The zero-order chi connectivity index (χ0) is 14.0. The van der Waals surface area contributed by atoms with E-state index >= 15 is 0 Å². The fourth-order valence-corrected chi connectivity index (χ4v) is 3.03. The van der Waals surface area contributed by atoms with Crippen molar-refractivity contribution >= 4 is 44.5 Å². The lowest BCUT2D eigenvalue weighted by atomic mass is 10.2. The van der Waals surface area contributed by atoms with Crippen LogP contribution in [0.25, 0.3) is 0 Å². The number of nitrogens with zero attached hydrogens (tertiary/aromatic N) is 1. The number of nitro groups is 1. The molecule has 0 aliphatic rings. The van der Waals surface area contributed by atoms with Gasteiger partial charge >= 0.3 is 0 Å². The molecular formula is C12H9BrN2O3S. The molecule has 1 amide bonds. The molecule has 0 unspecified atom stereocenters. The van der Waals surface area contributed by atoms with Gasteiger partial charge < -0.3 is 5.32 Å². The highest BCUT2D eigenvalue weighted by atomic mass is 79.9. The minimum absolute atomic E-state index is 0.0373. The second-order valence-electron chi connectivity index (χ2n) is 3.81. The third kappa shape index (κ3) is 2.99. The monoisotopic (exact) mass is 340 g/mol. The second-order valence-corrected chi connectivity index (χ2v) is 5.58. The van der Waals surface area contributed by atoms with E-state index in [1.165, 1.54) is 23.5 Å². The van der Waals surface area contributed by atoms with Crippen LogP contribution in [0.2, 0.25) is 0 Å². The molecule has 0 saturated heterocycles. The lowest BCUT2D eigenvalue weighted by Gasteiger charge is -2.05. The molecule has 1 heterocycles. The third-order valence-corrected chi connectivity index (χ3v) is 4.31. The second kappa shape index (κ2) is 5.50. The van der Waals surface area contributed by atoms with Crippen LogP contribution in [0.5, 0.6) is 0 Å². The highest BCUT2D eigenvalue weighted by Gasteiger charge is 2.14. The van der Waals surface area contributed by atoms with E-state index in [0.29, 0.717) is 16.1 Å². The number of benzene rings is 1. The van der Waals surface area contributed by atoms with Crippen molar-refractivity contribution in [1.29, 1.82) is 0 Å². The van der Waals surface area contributed by atoms with Crippen LogP contribution < -0.4 is 5.32 Å². The quantitative estimate of drug-likeness (QED) is 0.678. The number of nitro benzene ring substituents is 1. The van der Waals surface area contributed by atoms with E-state index in [1.807, 2.05) is 0 Å². The van der Waals surface area contributed by atoms with Gasteiger partial charge in [-0.1, -0.05) is 0 Å². The molecule has 0 bridgehead atoms. The maximum Gasteiger partial charge on any atom is 0.272 e. The summed E-state index contributed by atoms with van der Waals surface area (Å²) in [5.74, 6) is -0.241. The van der Waals surface area contributed by atoms with Gasteiger partial charge in [-0.25, -0.2) is 0 Å². The highest BCUT2D eigenvalue weighted by molar-refractivity contribution is 9.10. The van der Waals surface area contributed by atoms with E-state index in [9.17, 15) is 14.9 Å². The zero-order valence-electron chi connectivity index (χ0n) is 9.84. The first-order valence-corrected chi connectivity index (χ1v) is 6.95. The number of carbonyl (C=O) groups is 1. The lowest BCUT2D eigenvalue weighted by molar-refractivity contribution is -0.385. The Balaban J connectivity index is 2.21. The topological polar surface area (TPSA) is 72.2 Å². The molecule has 0 saturated carbocycles. The van der Waals surface area contributed by atoms with Crippen molar-refractivity contribution in [1.82, 2.24) is 0 Å². The molecule has 1 aromatic heterocycles. The van der Waals surface area contributed by atoms with Crippen molar-refractivity contribution in [3.8, 4) is 0 Å². The van der Waals surface area contributed by atoms with E-state index in [2.05, 4.69) is 21.2 Å². The van der Waals surface area contributed by atoms with Gasteiger partial charge in [-0.15, -0.1) is 11.3 Å². The Hall–Kier alpha value is -1.73. The molecule has 2 rings (SSSR count). The van der Waals surface area contributed by atoms with Gasteiger partial charge in [0.2, 0.25) is 0 Å². The number of aryl methyl sites for hydroxylation is 1. The molecule has 1 N–H and O–H groups in total. The average molecular weight is 341 g/mol. The first-order valence-electron chi connectivity index (χ1n) is 5.28. The number of halogens is 1. The first-order chi connectivity index (χ1) is 8.99. The summed E-state index contributed by atoms with van der Waals surface area (Å²) >= 11 is 4.61. The summed E-state index contributed by atoms with van der Waals surface area (Å²) in [6.07, 6.45) is 0. The Bertz CT molecular complexity index is 654. The Labute approximate surface area is 121 Å². The SMILES string of the molecule is Cc1cc(NC(=O)c2sccc2Br)ccc1[N+](=O)[O-]. The van der Waals surface area contributed by atoms with Crippen LogP contribution in [-0.2, 0) is 0 Å². The summed E-state index contributed by atoms with van der Waals surface area (Å²) < 4.78 is 0.730. The van der Waals surface area contributed by atoms with Gasteiger partial charge in [0.05, 0.1) is 4.92 Å². The number of hydrogen-bond donors (Lipinski definition) is 1. The van der Waals surface area contributed by atoms with Crippen LogP contribution in [0, 0.1) is 17.0 Å². The van der Waals surface area contributed by atoms with Crippen molar-refractivity contribution in [3.05, 3.63) is 54.7 Å². The van der Waals surface area contributed by atoms with Gasteiger partial charge in [-0.2, -0.15) is 0 Å². The van der Waals surface area contributed by atoms with E-state index in [4.69, 9.17) is 0 Å². The molecular weight excluding hydrogens is 332 g/mol. The Morgan fingerprint density at radius 3 is 2.68 bits per heavy atom. The molecule has 0 fully saturated rings. The number of nitrogens with one attached hydrogen (secondary N) is 1. The molecule has 98 valence electrons. The predicted molar refractivity (Wildman–Crippen MR) is 77.8 cm³/mol. The van der Waals surface area contributed by atoms with Crippen LogP contribution in [-0.4, -0.2) is 10.8 Å². The van der Waals surface area contributed by atoms with Crippen molar-refractivity contribution in [2.75, 3.05) is 5.32 Å². The minimum Gasteiger partial charge on any atom is -0.321 e. The number of amides is 1. The van der Waals surface area contributed by atoms with Gasteiger partial charge in [-0.3, -0.25) is 14.9 Å². The van der Waals surface area contributed by atoms with Gasteiger partial charge in [0.15, 0.2) is 0 Å². The molecule has 5 nitrogen and oxygen atoms in total. The van der Waals surface area contributed by atoms with E-state index in [-0.39, 0.29) is 11.6 Å². The van der Waals surface area contributed by atoms with Crippen LogP contribution in [0.4, 0.5) is 11.4 Å². The summed E-state index contributed by atoms with van der Waals surface area (Å²) in [5, 5.41) is 15.2. The maximum atomic E-state index is 12.0. The molecule has 0 aliphatic carbocycles. The molecule has 1 aromatic carbocycles. The number of carbonyl (C=O) groups excluding carboxylic acids is 1. The number of rotatable bonds is 3. The van der Waals surface area contributed by atoms with E-state index in [0.717, 1.165) is 4.47 Å². The smallest absolute Gasteiger partial charge is 0.272 e. The number of thiophene rings is 1. The van der Waals surface area contributed by atoms with Crippen molar-refractivity contribution in [2.24, 2.45) is 0 Å². The zero-order valence-corrected chi connectivity index (χ0v) is 12.2. The largest absolute Gasteiger partial charge is 0.321 e. The molecule has 0 atom stereocenters. The van der Waals surface area contributed by atoms with Crippen LogP contribution >= 0.6 is 27.3 Å². The number of anilines is 1. The molecule has 19 heavy (non-hydrogen) atoms. The van der Waals surface area contributed by atoms with Crippen LogP contribution in [0.15, 0.2) is 34.1 Å². The predicted octanol–water partition coefficient (Wildman–Crippen LogP) is 3.98. The molecule has 0 spiro atoms. The molecule has 0 aliphatic heterocycles. The number of hydrogen-bond acceptors (Lipinski definition) is 4. The minimum atomic E-state index is -0.448. The van der Waals surface area contributed by atoms with Gasteiger partial charge in [0.25, 0.3) is 11.6 Å².